The third-order valence-electron chi connectivity index (χ3n) is 5.15. The lowest BCUT2D eigenvalue weighted by molar-refractivity contribution is -0.138. The van der Waals surface area contributed by atoms with Crippen molar-refractivity contribution < 1.29 is 27.6 Å². The van der Waals surface area contributed by atoms with E-state index in [1.165, 1.54) is 43.4 Å². The van der Waals surface area contributed by atoms with Crippen LogP contribution in [0.25, 0.3) is 0 Å². The molecule has 0 aromatic heterocycles. The Labute approximate surface area is 158 Å². The van der Waals surface area contributed by atoms with E-state index in [0.717, 1.165) is 11.0 Å². The number of amides is 3. The monoisotopic (exact) mass is 388 g/mol. The van der Waals surface area contributed by atoms with Gasteiger partial charge in [-0.2, -0.15) is 13.2 Å². The number of alkyl halides is 3. The van der Waals surface area contributed by atoms with Crippen LogP contribution in [0, 0.1) is 5.92 Å². The molecule has 1 heterocycles. The van der Waals surface area contributed by atoms with Crippen molar-refractivity contribution in [2.75, 3.05) is 12.4 Å². The average molecular weight is 388 g/mol. The molecule has 2 atom stereocenters. The van der Waals surface area contributed by atoms with Gasteiger partial charge in [0.1, 0.15) is 0 Å². The summed E-state index contributed by atoms with van der Waals surface area (Å²) in [7, 11) is 1.37. The summed E-state index contributed by atoms with van der Waals surface area (Å²) < 4.78 is 39.5. The number of carbonyl (C=O) groups is 3. The molecule has 1 aliphatic heterocycles. The first-order valence-corrected chi connectivity index (χ1v) is 8.62. The second kappa shape index (κ2) is 6.19. The zero-order valence-electron chi connectivity index (χ0n) is 14.7. The number of nitrogens with one attached hydrogen (secondary N) is 1. The topological polar surface area (TPSA) is 66.5 Å². The maximum atomic E-state index is 13.2. The number of imide groups is 1. The molecule has 2 aliphatic rings. The molecule has 1 N–H and O–H groups in total. The van der Waals surface area contributed by atoms with E-state index in [9.17, 15) is 27.6 Å². The molecule has 2 unspecified atom stereocenters. The lowest BCUT2D eigenvalue weighted by Crippen LogP contribution is -2.24. The number of hydrogen-bond acceptors (Lipinski definition) is 3. The van der Waals surface area contributed by atoms with Crippen LogP contribution in [-0.4, -0.2) is 29.7 Å². The van der Waals surface area contributed by atoms with E-state index in [-0.39, 0.29) is 16.7 Å². The van der Waals surface area contributed by atoms with Gasteiger partial charge < -0.3 is 5.32 Å². The summed E-state index contributed by atoms with van der Waals surface area (Å²) in [4.78, 5) is 37.4. The zero-order valence-corrected chi connectivity index (χ0v) is 14.7. The predicted molar refractivity (Wildman–Crippen MR) is 93.8 cm³/mol. The standard InChI is InChI=1S/C20H15F3N2O3/c1-25-18(27)12-7-6-10(8-15(12)19(25)28)24-17(26)14-9-13(14)11-4-2-3-5-16(11)20(21,22)23/h2-8,13-14H,9H2,1H3,(H,24,26). The van der Waals surface area contributed by atoms with Crippen molar-refractivity contribution in [2.45, 2.75) is 18.5 Å². The van der Waals surface area contributed by atoms with Gasteiger partial charge in [-0.1, -0.05) is 18.2 Å². The van der Waals surface area contributed by atoms with Crippen molar-refractivity contribution in [2.24, 2.45) is 5.92 Å². The van der Waals surface area contributed by atoms with Crippen LogP contribution in [0.4, 0.5) is 18.9 Å². The molecule has 2 aromatic rings. The second-order valence-electron chi connectivity index (χ2n) is 6.95. The number of hydrogen-bond donors (Lipinski definition) is 1. The van der Waals surface area contributed by atoms with Crippen LogP contribution in [0.3, 0.4) is 0 Å². The van der Waals surface area contributed by atoms with Gasteiger partial charge in [-0.05, 0) is 42.2 Å². The van der Waals surface area contributed by atoms with Crippen molar-refractivity contribution in [3.05, 3.63) is 64.7 Å². The first-order chi connectivity index (χ1) is 13.2. The van der Waals surface area contributed by atoms with Gasteiger partial charge in [0.25, 0.3) is 11.8 Å². The third kappa shape index (κ3) is 2.94. The Morgan fingerprint density at radius 1 is 1.07 bits per heavy atom. The average Bonchev–Trinajstić information content (AvgIpc) is 3.43. The lowest BCUT2D eigenvalue weighted by atomic mass is 10.0. The van der Waals surface area contributed by atoms with E-state index in [1.807, 2.05) is 0 Å². The van der Waals surface area contributed by atoms with Crippen LogP contribution in [0.1, 0.15) is 44.2 Å². The summed E-state index contributed by atoms with van der Waals surface area (Å²) in [5.41, 5.74) is 0.176. The Bertz CT molecular complexity index is 1020. The van der Waals surface area contributed by atoms with Crippen LogP contribution in [0.15, 0.2) is 42.5 Å². The van der Waals surface area contributed by atoms with Crippen molar-refractivity contribution in [1.29, 1.82) is 0 Å². The minimum atomic E-state index is -4.47. The van der Waals surface area contributed by atoms with Crippen molar-refractivity contribution in [3.63, 3.8) is 0 Å². The molecule has 4 rings (SSSR count). The minimum Gasteiger partial charge on any atom is -0.326 e. The zero-order chi connectivity index (χ0) is 20.2. The molecule has 3 amide bonds. The summed E-state index contributed by atoms with van der Waals surface area (Å²) in [5.74, 6) is -2.35. The fourth-order valence-electron chi connectivity index (χ4n) is 3.58. The normalized spacial score (nSPS) is 20.9. The van der Waals surface area contributed by atoms with Crippen molar-refractivity contribution in [3.8, 4) is 0 Å². The van der Waals surface area contributed by atoms with Gasteiger partial charge in [0.05, 0.1) is 16.7 Å². The molecule has 1 fully saturated rings. The lowest BCUT2D eigenvalue weighted by Gasteiger charge is -2.12. The fourth-order valence-corrected chi connectivity index (χ4v) is 3.58. The highest BCUT2D eigenvalue weighted by molar-refractivity contribution is 6.21. The van der Waals surface area contributed by atoms with Crippen molar-refractivity contribution >= 4 is 23.4 Å². The molecule has 2 aromatic carbocycles. The molecule has 5 nitrogen and oxygen atoms in total. The van der Waals surface area contributed by atoms with Crippen LogP contribution >= 0.6 is 0 Å². The summed E-state index contributed by atoms with van der Waals surface area (Å²) >= 11 is 0. The number of carbonyl (C=O) groups excluding carboxylic acids is 3. The van der Waals surface area contributed by atoms with E-state index < -0.39 is 41.3 Å². The number of anilines is 1. The van der Waals surface area contributed by atoms with Crippen LogP contribution < -0.4 is 5.32 Å². The Balaban J connectivity index is 1.51. The van der Waals surface area contributed by atoms with Gasteiger partial charge >= 0.3 is 6.18 Å². The second-order valence-corrected chi connectivity index (χ2v) is 6.95. The summed E-state index contributed by atoms with van der Waals surface area (Å²) in [5, 5.41) is 2.64. The van der Waals surface area contributed by atoms with Gasteiger partial charge in [0, 0.05) is 18.7 Å². The van der Waals surface area contributed by atoms with E-state index in [0.29, 0.717) is 12.1 Å². The molecular weight excluding hydrogens is 373 g/mol. The Morgan fingerprint density at radius 2 is 1.75 bits per heavy atom. The van der Waals surface area contributed by atoms with Gasteiger partial charge in [-0.15, -0.1) is 0 Å². The van der Waals surface area contributed by atoms with E-state index in [1.54, 1.807) is 0 Å². The first-order valence-electron chi connectivity index (χ1n) is 8.62. The maximum absolute atomic E-state index is 13.2. The molecule has 28 heavy (non-hydrogen) atoms. The van der Waals surface area contributed by atoms with Crippen LogP contribution in [0.2, 0.25) is 0 Å². The number of nitrogens with zero attached hydrogens (tertiary/aromatic N) is 1. The van der Waals surface area contributed by atoms with E-state index >= 15 is 0 Å². The third-order valence-corrected chi connectivity index (χ3v) is 5.15. The molecular formula is C20H15F3N2O3. The molecule has 0 saturated heterocycles. The molecule has 1 aliphatic carbocycles. The fraction of sp³-hybridized carbons (Fsp3) is 0.250. The molecule has 8 heteroatoms. The van der Waals surface area contributed by atoms with Gasteiger partial charge in [0.15, 0.2) is 0 Å². The highest BCUT2D eigenvalue weighted by Crippen LogP contribution is 2.51. The number of fused-ring (bicyclic) bond motifs is 1. The molecule has 0 bridgehead atoms. The van der Waals surface area contributed by atoms with Crippen LogP contribution in [-0.2, 0) is 11.0 Å². The van der Waals surface area contributed by atoms with Gasteiger partial charge in [0.2, 0.25) is 5.91 Å². The van der Waals surface area contributed by atoms with E-state index in [2.05, 4.69) is 5.32 Å². The predicted octanol–water partition coefficient (Wildman–Crippen LogP) is 3.67. The van der Waals surface area contributed by atoms with Gasteiger partial charge in [-0.3, -0.25) is 19.3 Å². The summed E-state index contributed by atoms with van der Waals surface area (Å²) in [6, 6.07) is 9.64. The smallest absolute Gasteiger partial charge is 0.326 e. The molecule has 144 valence electrons. The Kier molecular flexibility index (Phi) is 4.02. The maximum Gasteiger partial charge on any atom is 0.416 e. The summed E-state index contributed by atoms with van der Waals surface area (Å²) in [6.07, 6.45) is -4.15. The van der Waals surface area contributed by atoms with Crippen molar-refractivity contribution in [1.82, 2.24) is 4.90 Å². The quantitative estimate of drug-likeness (QED) is 0.816. The highest BCUT2D eigenvalue weighted by atomic mass is 19.4. The molecule has 0 spiro atoms. The minimum absolute atomic E-state index is 0.117. The number of rotatable bonds is 3. The van der Waals surface area contributed by atoms with Gasteiger partial charge in [-0.25, -0.2) is 0 Å². The van der Waals surface area contributed by atoms with E-state index in [4.69, 9.17) is 0 Å². The SMILES string of the molecule is CN1C(=O)c2ccc(NC(=O)C3CC3c3ccccc3C(F)(F)F)cc2C1=O. The Morgan fingerprint density at radius 3 is 2.46 bits per heavy atom. The molecule has 0 radical (unpaired) electrons. The highest BCUT2D eigenvalue weighted by Gasteiger charge is 2.48. The first kappa shape index (κ1) is 18.2. The Hall–Kier alpha value is -3.16. The molecule has 1 saturated carbocycles. The number of benzene rings is 2. The number of halogens is 3. The largest absolute Gasteiger partial charge is 0.416 e. The van der Waals surface area contributed by atoms with Crippen LogP contribution in [0.5, 0.6) is 0 Å². The summed E-state index contributed by atoms with van der Waals surface area (Å²) in [6.45, 7) is 0.